The van der Waals surface area contributed by atoms with Crippen LogP contribution in [-0.4, -0.2) is 32.9 Å². The van der Waals surface area contributed by atoms with Gasteiger partial charge in [0.1, 0.15) is 6.61 Å². The molecule has 196 valence electrons. The first-order chi connectivity index (χ1) is 18.5. The summed E-state index contributed by atoms with van der Waals surface area (Å²) in [7, 11) is 3.07. The van der Waals surface area contributed by atoms with Gasteiger partial charge >= 0.3 is 0 Å². The number of fused-ring (bicyclic) bond motifs is 1. The van der Waals surface area contributed by atoms with Crippen molar-refractivity contribution in [2.75, 3.05) is 20.8 Å². The first-order valence-corrected chi connectivity index (χ1v) is 12.5. The molecule has 1 amide bonds. The Labute approximate surface area is 226 Å². The van der Waals surface area contributed by atoms with Crippen LogP contribution in [0.3, 0.4) is 0 Å². The van der Waals surface area contributed by atoms with E-state index in [1.807, 2.05) is 31.2 Å². The lowest BCUT2D eigenvalue weighted by Gasteiger charge is -2.14. The second-order valence-electron chi connectivity index (χ2n) is 8.37. The predicted octanol–water partition coefficient (Wildman–Crippen LogP) is 6.64. The summed E-state index contributed by atoms with van der Waals surface area (Å²) >= 11 is 6.54. The number of methoxy groups -OCH3 is 2. The summed E-state index contributed by atoms with van der Waals surface area (Å²) in [5.74, 6) is 1.55. The molecule has 7 nitrogen and oxygen atoms in total. The minimum absolute atomic E-state index is 0.326. The minimum atomic E-state index is -0.394. The van der Waals surface area contributed by atoms with E-state index in [0.29, 0.717) is 52.4 Å². The van der Waals surface area contributed by atoms with Gasteiger partial charge in [-0.25, -0.2) is 5.43 Å². The smallest absolute Gasteiger partial charge is 0.271 e. The van der Waals surface area contributed by atoms with E-state index >= 15 is 0 Å². The summed E-state index contributed by atoms with van der Waals surface area (Å²) in [5, 5.41) is 6.69. The molecule has 4 aromatic carbocycles. The van der Waals surface area contributed by atoms with Crippen LogP contribution < -0.4 is 24.4 Å². The molecule has 0 bridgehead atoms. The third-order valence-corrected chi connectivity index (χ3v) is 6.05. The van der Waals surface area contributed by atoms with Crippen molar-refractivity contribution in [3.8, 4) is 23.0 Å². The Morgan fingerprint density at radius 3 is 2.50 bits per heavy atom. The predicted molar refractivity (Wildman–Crippen MR) is 150 cm³/mol. The fourth-order valence-corrected chi connectivity index (χ4v) is 4.17. The Kier molecular flexibility index (Phi) is 9.06. The van der Waals surface area contributed by atoms with Gasteiger partial charge in [-0.15, -0.1) is 0 Å². The van der Waals surface area contributed by atoms with Crippen molar-refractivity contribution in [2.45, 2.75) is 20.0 Å². The van der Waals surface area contributed by atoms with Crippen molar-refractivity contribution < 1.29 is 23.7 Å². The van der Waals surface area contributed by atoms with Gasteiger partial charge in [-0.2, -0.15) is 5.10 Å². The van der Waals surface area contributed by atoms with Crippen LogP contribution in [0.4, 0.5) is 0 Å². The molecular weight excluding hydrogens is 504 g/mol. The van der Waals surface area contributed by atoms with E-state index in [0.717, 1.165) is 22.8 Å². The van der Waals surface area contributed by atoms with Crippen LogP contribution in [0.2, 0.25) is 5.02 Å². The van der Waals surface area contributed by atoms with Crippen LogP contribution >= 0.6 is 11.6 Å². The topological polar surface area (TPSA) is 78.4 Å². The van der Waals surface area contributed by atoms with Crippen LogP contribution in [0.5, 0.6) is 23.0 Å². The molecule has 0 aromatic heterocycles. The van der Waals surface area contributed by atoms with Crippen molar-refractivity contribution in [2.24, 2.45) is 5.10 Å². The van der Waals surface area contributed by atoms with Crippen LogP contribution in [-0.2, 0) is 6.61 Å². The maximum Gasteiger partial charge on any atom is 0.271 e. The van der Waals surface area contributed by atoms with E-state index in [9.17, 15) is 4.79 Å². The molecular formula is C30H29ClN2O5. The van der Waals surface area contributed by atoms with Gasteiger partial charge in [0.25, 0.3) is 5.91 Å². The maximum absolute atomic E-state index is 12.6. The summed E-state index contributed by atoms with van der Waals surface area (Å²) in [4.78, 5) is 12.6. The van der Waals surface area contributed by atoms with Crippen molar-refractivity contribution in [3.05, 3.63) is 94.5 Å². The number of rotatable bonds is 11. The largest absolute Gasteiger partial charge is 0.493 e. The average Bonchev–Trinajstić information content (AvgIpc) is 2.95. The quantitative estimate of drug-likeness (QED) is 0.173. The Bertz CT molecular complexity index is 1450. The van der Waals surface area contributed by atoms with Crippen LogP contribution in [0.25, 0.3) is 10.8 Å². The van der Waals surface area contributed by atoms with E-state index in [1.165, 1.54) is 13.3 Å². The zero-order valence-electron chi connectivity index (χ0n) is 21.5. The van der Waals surface area contributed by atoms with Crippen molar-refractivity contribution in [3.63, 3.8) is 0 Å². The zero-order valence-corrected chi connectivity index (χ0v) is 22.2. The minimum Gasteiger partial charge on any atom is -0.493 e. The zero-order chi connectivity index (χ0) is 26.9. The Morgan fingerprint density at radius 2 is 1.71 bits per heavy atom. The average molecular weight is 533 g/mol. The summed E-state index contributed by atoms with van der Waals surface area (Å²) < 4.78 is 22.6. The molecule has 0 saturated heterocycles. The number of halogens is 1. The Balaban J connectivity index is 1.44. The normalized spacial score (nSPS) is 10.9. The molecule has 4 rings (SSSR count). The Hall–Kier alpha value is -4.23. The molecule has 38 heavy (non-hydrogen) atoms. The lowest BCUT2D eigenvalue weighted by atomic mass is 10.1. The number of amides is 1. The summed E-state index contributed by atoms with van der Waals surface area (Å²) in [5.41, 5.74) is 4.57. The standard InChI is InChI=1S/C30H29ClN2O5/c1-4-14-37-26-13-12-22(17-27(26)35-2)30(34)33-32-18-20-15-25(31)29(28(16-20)36-3)38-19-23-10-7-9-21-8-5-6-11-24(21)23/h5-13,15-18H,4,14,19H2,1-3H3,(H,33,34)/b32-18+. The number of benzene rings is 4. The molecule has 0 unspecified atom stereocenters. The van der Waals surface area contributed by atoms with Gasteiger partial charge in [0.2, 0.25) is 0 Å². The van der Waals surface area contributed by atoms with Crippen molar-refractivity contribution in [1.29, 1.82) is 0 Å². The van der Waals surface area contributed by atoms with E-state index in [4.69, 9.17) is 30.5 Å². The number of hydrazone groups is 1. The van der Waals surface area contributed by atoms with Gasteiger partial charge < -0.3 is 18.9 Å². The lowest BCUT2D eigenvalue weighted by Crippen LogP contribution is -2.17. The summed E-state index contributed by atoms with van der Waals surface area (Å²) in [6.07, 6.45) is 2.35. The first-order valence-electron chi connectivity index (χ1n) is 12.1. The number of nitrogens with one attached hydrogen (secondary N) is 1. The molecule has 0 radical (unpaired) electrons. The number of carbonyl (C=O) groups is 1. The van der Waals surface area contributed by atoms with Gasteiger partial charge in [-0.1, -0.05) is 61.0 Å². The van der Waals surface area contributed by atoms with E-state index < -0.39 is 5.91 Å². The second-order valence-corrected chi connectivity index (χ2v) is 8.78. The second kappa shape index (κ2) is 12.8. The van der Waals surface area contributed by atoms with Crippen LogP contribution in [0.15, 0.2) is 77.9 Å². The van der Waals surface area contributed by atoms with Gasteiger partial charge in [-0.3, -0.25) is 4.79 Å². The highest BCUT2D eigenvalue weighted by molar-refractivity contribution is 6.32. The number of ether oxygens (including phenoxy) is 4. The SMILES string of the molecule is CCCOc1ccc(C(=O)N/N=C/c2cc(Cl)c(OCc3cccc4ccccc34)c(OC)c2)cc1OC. The number of nitrogens with zero attached hydrogens (tertiary/aromatic N) is 1. The van der Waals surface area contributed by atoms with E-state index in [-0.39, 0.29) is 0 Å². The van der Waals surface area contributed by atoms with E-state index in [2.05, 4.69) is 28.7 Å². The van der Waals surface area contributed by atoms with Crippen LogP contribution in [0, 0.1) is 0 Å². The van der Waals surface area contributed by atoms with E-state index in [1.54, 1.807) is 37.4 Å². The molecule has 0 spiro atoms. The maximum atomic E-state index is 12.6. The molecule has 0 fully saturated rings. The first kappa shape index (κ1) is 26.8. The molecule has 0 aliphatic carbocycles. The molecule has 0 aliphatic rings. The Morgan fingerprint density at radius 1 is 0.921 bits per heavy atom. The van der Waals surface area contributed by atoms with Gasteiger partial charge in [0.05, 0.1) is 32.1 Å². The number of hydrogen-bond acceptors (Lipinski definition) is 6. The van der Waals surface area contributed by atoms with Gasteiger partial charge in [0.15, 0.2) is 23.0 Å². The highest BCUT2D eigenvalue weighted by Gasteiger charge is 2.14. The molecule has 0 aliphatic heterocycles. The third kappa shape index (κ3) is 6.36. The molecule has 8 heteroatoms. The number of carbonyl (C=O) groups excluding carboxylic acids is 1. The molecule has 0 atom stereocenters. The number of hydrogen-bond donors (Lipinski definition) is 1. The monoisotopic (exact) mass is 532 g/mol. The fraction of sp³-hybridized carbons (Fsp3) is 0.200. The molecule has 0 heterocycles. The highest BCUT2D eigenvalue weighted by Crippen LogP contribution is 2.37. The molecule has 1 N–H and O–H groups in total. The van der Waals surface area contributed by atoms with Gasteiger partial charge in [0, 0.05) is 5.56 Å². The molecule has 0 saturated carbocycles. The van der Waals surface area contributed by atoms with Crippen molar-refractivity contribution >= 4 is 34.5 Å². The summed E-state index contributed by atoms with van der Waals surface area (Å²) in [6, 6.07) is 22.6. The summed E-state index contributed by atoms with van der Waals surface area (Å²) in [6.45, 7) is 2.90. The van der Waals surface area contributed by atoms with Crippen LogP contribution in [0.1, 0.15) is 34.8 Å². The highest BCUT2D eigenvalue weighted by atomic mass is 35.5. The third-order valence-electron chi connectivity index (χ3n) is 5.77. The van der Waals surface area contributed by atoms with Crippen molar-refractivity contribution in [1.82, 2.24) is 5.43 Å². The lowest BCUT2D eigenvalue weighted by molar-refractivity contribution is 0.0954. The molecule has 4 aromatic rings. The van der Waals surface area contributed by atoms with Gasteiger partial charge in [-0.05, 0) is 58.7 Å². The fourth-order valence-electron chi connectivity index (χ4n) is 3.89.